The molecule has 1 aromatic heterocycles. The van der Waals surface area contributed by atoms with Crippen molar-refractivity contribution in [2.24, 2.45) is 0 Å². The van der Waals surface area contributed by atoms with Crippen LogP contribution in [0.1, 0.15) is 84.0 Å². The number of carbonyl (C=O) groups is 3. The number of H-pyrrole nitrogens is 1. The second-order valence-corrected chi connectivity index (χ2v) is 6.87. The Morgan fingerprint density at radius 2 is 1.68 bits per heavy atom. The molecule has 1 amide bonds. The minimum Gasteiger partial charge on any atom is -0.451 e. The summed E-state index contributed by atoms with van der Waals surface area (Å²) in [6.07, 6.45) is 7.91. The lowest BCUT2D eigenvalue weighted by Crippen LogP contribution is -2.38. The summed E-state index contributed by atoms with van der Waals surface area (Å²) in [5.41, 5.74) is 1.94. The average molecular weight is 348 g/mol. The zero-order valence-corrected chi connectivity index (χ0v) is 15.4. The summed E-state index contributed by atoms with van der Waals surface area (Å²) in [5.74, 6) is -0.986. The van der Waals surface area contributed by atoms with Crippen LogP contribution in [0.2, 0.25) is 0 Å². The van der Waals surface area contributed by atoms with E-state index >= 15 is 0 Å². The fraction of sp³-hybridized carbons (Fsp3) is 0.632. The molecule has 0 aliphatic heterocycles. The lowest BCUT2D eigenvalue weighted by molar-refractivity contribution is -0.125. The Morgan fingerprint density at radius 3 is 2.24 bits per heavy atom. The molecule has 1 fully saturated rings. The Morgan fingerprint density at radius 1 is 1.08 bits per heavy atom. The van der Waals surface area contributed by atoms with Crippen LogP contribution in [-0.2, 0) is 9.53 Å². The molecule has 2 rings (SSSR count). The number of esters is 1. The molecule has 1 aliphatic carbocycles. The van der Waals surface area contributed by atoms with Crippen molar-refractivity contribution >= 4 is 17.7 Å². The molecule has 0 unspecified atom stereocenters. The lowest BCUT2D eigenvalue weighted by atomic mass is 9.97. The molecule has 0 aromatic carbocycles. The highest BCUT2D eigenvalue weighted by Crippen LogP contribution is 2.19. The van der Waals surface area contributed by atoms with E-state index in [2.05, 4.69) is 10.3 Å². The summed E-state index contributed by atoms with van der Waals surface area (Å²) in [6.45, 7) is 4.59. The summed E-state index contributed by atoms with van der Waals surface area (Å²) in [5, 5.41) is 2.96. The lowest BCUT2D eigenvalue weighted by Gasteiger charge is -2.20. The second kappa shape index (κ2) is 8.83. The largest absolute Gasteiger partial charge is 0.451 e. The number of aryl methyl sites for hydroxylation is 1. The van der Waals surface area contributed by atoms with Gasteiger partial charge in [0.05, 0.1) is 0 Å². The van der Waals surface area contributed by atoms with E-state index in [-0.39, 0.29) is 30.0 Å². The summed E-state index contributed by atoms with van der Waals surface area (Å²) >= 11 is 0. The maximum Gasteiger partial charge on any atom is 0.355 e. The first kappa shape index (κ1) is 19.2. The molecule has 6 nitrogen and oxygen atoms in total. The van der Waals surface area contributed by atoms with Gasteiger partial charge in [0.15, 0.2) is 12.4 Å². The van der Waals surface area contributed by atoms with Crippen molar-refractivity contribution in [3.05, 3.63) is 22.5 Å². The third kappa shape index (κ3) is 5.18. The number of hydrogen-bond acceptors (Lipinski definition) is 4. The third-order valence-electron chi connectivity index (χ3n) is 4.80. The van der Waals surface area contributed by atoms with E-state index in [0.717, 1.165) is 25.7 Å². The zero-order valence-electron chi connectivity index (χ0n) is 15.4. The van der Waals surface area contributed by atoms with Crippen LogP contribution in [0.15, 0.2) is 0 Å². The van der Waals surface area contributed by atoms with Gasteiger partial charge in [-0.15, -0.1) is 0 Å². The number of rotatable bonds is 5. The van der Waals surface area contributed by atoms with Crippen LogP contribution in [0.5, 0.6) is 0 Å². The van der Waals surface area contributed by atoms with Crippen molar-refractivity contribution in [3.63, 3.8) is 0 Å². The van der Waals surface area contributed by atoms with Crippen molar-refractivity contribution in [3.8, 4) is 0 Å². The first-order valence-electron chi connectivity index (χ1n) is 9.06. The SMILES string of the molecule is CC(=O)c1c(C)[nH]c(C(=O)OCC(=O)NC2CCCCCCC2)c1C. The van der Waals surface area contributed by atoms with Crippen molar-refractivity contribution in [2.45, 2.75) is 71.8 Å². The van der Waals surface area contributed by atoms with Crippen LogP contribution in [0.4, 0.5) is 0 Å². The van der Waals surface area contributed by atoms with Gasteiger partial charge in [0.2, 0.25) is 0 Å². The van der Waals surface area contributed by atoms with E-state index in [9.17, 15) is 14.4 Å². The van der Waals surface area contributed by atoms with Gasteiger partial charge in [-0.1, -0.05) is 32.1 Å². The van der Waals surface area contributed by atoms with E-state index in [1.165, 1.54) is 26.2 Å². The Labute approximate surface area is 148 Å². The van der Waals surface area contributed by atoms with Crippen LogP contribution >= 0.6 is 0 Å². The molecule has 1 heterocycles. The predicted molar refractivity (Wildman–Crippen MR) is 94.8 cm³/mol. The first-order chi connectivity index (χ1) is 11.9. The van der Waals surface area contributed by atoms with E-state index in [1.54, 1.807) is 13.8 Å². The number of Topliss-reactive ketones (excluding diaryl/α,β-unsaturated/α-hetero) is 1. The Balaban J connectivity index is 1.88. The van der Waals surface area contributed by atoms with Crippen LogP contribution in [-0.4, -0.2) is 35.3 Å². The van der Waals surface area contributed by atoms with E-state index in [0.29, 0.717) is 16.8 Å². The molecule has 25 heavy (non-hydrogen) atoms. The van der Waals surface area contributed by atoms with Gasteiger partial charge in [0.1, 0.15) is 5.69 Å². The van der Waals surface area contributed by atoms with E-state index in [4.69, 9.17) is 4.74 Å². The number of ether oxygens (including phenoxy) is 1. The second-order valence-electron chi connectivity index (χ2n) is 6.87. The molecule has 0 radical (unpaired) electrons. The van der Waals surface area contributed by atoms with Gasteiger partial charge in [0.25, 0.3) is 5.91 Å². The minimum absolute atomic E-state index is 0.104. The van der Waals surface area contributed by atoms with Gasteiger partial charge in [0, 0.05) is 17.3 Å². The van der Waals surface area contributed by atoms with Gasteiger partial charge in [-0.05, 0) is 39.2 Å². The number of nitrogens with one attached hydrogen (secondary N) is 2. The normalized spacial score (nSPS) is 16.0. The third-order valence-corrected chi connectivity index (χ3v) is 4.80. The maximum atomic E-state index is 12.2. The summed E-state index contributed by atoms with van der Waals surface area (Å²) in [7, 11) is 0. The van der Waals surface area contributed by atoms with Crippen LogP contribution in [0.3, 0.4) is 0 Å². The molecular formula is C19H28N2O4. The summed E-state index contributed by atoms with van der Waals surface area (Å²) < 4.78 is 5.12. The number of amides is 1. The van der Waals surface area contributed by atoms with Gasteiger partial charge >= 0.3 is 5.97 Å². The first-order valence-corrected chi connectivity index (χ1v) is 9.06. The van der Waals surface area contributed by atoms with Crippen molar-refractivity contribution in [2.75, 3.05) is 6.61 Å². The van der Waals surface area contributed by atoms with Crippen molar-refractivity contribution in [1.29, 1.82) is 0 Å². The van der Waals surface area contributed by atoms with Crippen molar-refractivity contribution in [1.82, 2.24) is 10.3 Å². The molecule has 0 saturated heterocycles. The molecule has 1 aliphatic rings. The molecule has 2 N–H and O–H groups in total. The number of carbonyl (C=O) groups excluding carboxylic acids is 3. The quantitative estimate of drug-likeness (QED) is 0.632. The van der Waals surface area contributed by atoms with Crippen LogP contribution in [0, 0.1) is 13.8 Å². The van der Waals surface area contributed by atoms with E-state index < -0.39 is 5.97 Å². The summed E-state index contributed by atoms with van der Waals surface area (Å²) in [4.78, 5) is 38.8. The molecule has 0 bridgehead atoms. The Bertz CT molecular complexity index is 640. The van der Waals surface area contributed by atoms with Gasteiger partial charge in [-0.3, -0.25) is 9.59 Å². The average Bonchev–Trinajstić information content (AvgIpc) is 2.82. The Hall–Kier alpha value is -2.11. The van der Waals surface area contributed by atoms with Crippen molar-refractivity contribution < 1.29 is 19.1 Å². The molecule has 6 heteroatoms. The summed E-state index contributed by atoms with van der Waals surface area (Å²) in [6, 6.07) is 0.172. The van der Waals surface area contributed by atoms with E-state index in [1.807, 2.05) is 0 Å². The highest BCUT2D eigenvalue weighted by Gasteiger charge is 2.22. The van der Waals surface area contributed by atoms with Crippen LogP contribution < -0.4 is 5.32 Å². The van der Waals surface area contributed by atoms with Gasteiger partial charge < -0.3 is 15.0 Å². The molecule has 1 saturated carbocycles. The fourth-order valence-corrected chi connectivity index (χ4v) is 3.56. The highest BCUT2D eigenvalue weighted by atomic mass is 16.5. The molecule has 0 spiro atoms. The topological polar surface area (TPSA) is 88.3 Å². The molecule has 138 valence electrons. The fourth-order valence-electron chi connectivity index (χ4n) is 3.56. The molecule has 1 aromatic rings. The highest BCUT2D eigenvalue weighted by molar-refractivity contribution is 6.01. The van der Waals surface area contributed by atoms with Gasteiger partial charge in [-0.2, -0.15) is 0 Å². The Kier molecular flexibility index (Phi) is 6.79. The number of aromatic nitrogens is 1. The maximum absolute atomic E-state index is 12.2. The number of aromatic amines is 1. The molecule has 0 atom stereocenters. The molecular weight excluding hydrogens is 320 g/mol. The standard InChI is InChI=1S/C19H28N2O4/c1-12-17(14(3)22)13(2)20-18(12)19(24)25-11-16(23)21-15-9-7-5-4-6-8-10-15/h15,20H,4-11H2,1-3H3,(H,21,23). The number of ketones is 1. The minimum atomic E-state index is -0.610. The predicted octanol–water partition coefficient (Wildman–Crippen LogP) is 3.22. The van der Waals surface area contributed by atoms with Gasteiger partial charge in [-0.25, -0.2) is 4.79 Å². The number of hydrogen-bond donors (Lipinski definition) is 2. The zero-order chi connectivity index (χ0) is 18.4. The van der Waals surface area contributed by atoms with Crippen LogP contribution in [0.25, 0.3) is 0 Å². The smallest absolute Gasteiger partial charge is 0.355 e. The monoisotopic (exact) mass is 348 g/mol.